The molecule has 0 radical (unpaired) electrons. The third-order valence-electron chi connectivity index (χ3n) is 5.52. The quantitative estimate of drug-likeness (QED) is 0.768. The monoisotopic (exact) mass is 376 g/mol. The first-order valence-electron chi connectivity index (χ1n) is 9.00. The average molecular weight is 376 g/mol. The van der Waals surface area contributed by atoms with Crippen molar-refractivity contribution in [2.45, 2.75) is 31.8 Å². The van der Waals surface area contributed by atoms with Gasteiger partial charge in [0.2, 0.25) is 0 Å². The lowest BCUT2D eigenvalue weighted by Crippen LogP contribution is -2.42. The molecule has 4 rings (SSSR count). The van der Waals surface area contributed by atoms with E-state index in [0.29, 0.717) is 11.6 Å². The maximum Gasteiger partial charge on any atom is 0.337 e. The van der Waals surface area contributed by atoms with Gasteiger partial charge in [-0.3, -0.25) is 8.87 Å². The normalized spacial score (nSPS) is 20.1. The summed E-state index contributed by atoms with van der Waals surface area (Å²) in [5, 5.41) is 1.01. The van der Waals surface area contributed by atoms with Gasteiger partial charge in [0.25, 0.3) is 0 Å². The van der Waals surface area contributed by atoms with E-state index in [4.69, 9.17) is 9.47 Å². The van der Waals surface area contributed by atoms with Crippen molar-refractivity contribution in [1.82, 2.24) is 8.87 Å². The Bertz CT molecular complexity index is 870. The predicted molar refractivity (Wildman–Crippen MR) is 101 cm³/mol. The minimum Gasteiger partial charge on any atom is -0.465 e. The summed E-state index contributed by atoms with van der Waals surface area (Å²) < 4.78 is 24.7. The van der Waals surface area contributed by atoms with Gasteiger partial charge in [-0.2, -0.15) is 0 Å². The lowest BCUT2D eigenvalue weighted by atomic mass is 9.99. The highest BCUT2D eigenvalue weighted by Gasteiger charge is 2.30. The lowest BCUT2D eigenvalue weighted by Gasteiger charge is -2.37. The van der Waals surface area contributed by atoms with Gasteiger partial charge >= 0.3 is 5.97 Å². The van der Waals surface area contributed by atoms with Gasteiger partial charge in [0.1, 0.15) is 11.0 Å². The molecule has 26 heavy (non-hydrogen) atoms. The van der Waals surface area contributed by atoms with Crippen LogP contribution in [0.2, 0.25) is 0 Å². The number of nitrogens with zero attached hydrogens (tertiary/aromatic N) is 2. The summed E-state index contributed by atoms with van der Waals surface area (Å²) in [6, 6.07) is 6.06. The number of carbonyl (C=O) groups excluding carboxylic acids is 1. The Kier molecular flexibility index (Phi) is 4.86. The van der Waals surface area contributed by atoms with E-state index in [1.54, 1.807) is 12.3 Å². The summed E-state index contributed by atoms with van der Waals surface area (Å²) in [4.78, 5) is 14.5. The second-order valence-corrected chi connectivity index (χ2v) is 8.14. The maximum atomic E-state index is 12.4. The second kappa shape index (κ2) is 7.13. The molecule has 3 heterocycles. The van der Waals surface area contributed by atoms with E-state index >= 15 is 0 Å². The van der Waals surface area contributed by atoms with Crippen molar-refractivity contribution in [2.75, 3.05) is 33.1 Å². The number of methoxy groups -OCH3 is 1. The Labute approximate surface area is 155 Å². The van der Waals surface area contributed by atoms with Gasteiger partial charge in [0.15, 0.2) is 0 Å². The highest BCUT2D eigenvalue weighted by atomic mass is 32.2. The van der Waals surface area contributed by atoms with Crippen molar-refractivity contribution in [3.8, 4) is 0 Å². The fourth-order valence-electron chi connectivity index (χ4n) is 4.24. The molecule has 0 aliphatic carbocycles. The van der Waals surface area contributed by atoms with Crippen LogP contribution in [0, 0.1) is 0 Å². The molecule has 0 bridgehead atoms. The number of rotatable bonds is 3. The number of hydrogen-bond acceptors (Lipinski definition) is 5. The molecule has 1 saturated heterocycles. The number of carbonyl (C=O) groups is 1. The van der Waals surface area contributed by atoms with Crippen LogP contribution >= 0.6 is 0 Å². The molecule has 1 aromatic heterocycles. The van der Waals surface area contributed by atoms with Gasteiger partial charge in [-0.05, 0) is 36.6 Å². The predicted octanol–water partition coefficient (Wildman–Crippen LogP) is 2.11. The maximum absolute atomic E-state index is 12.4. The third kappa shape index (κ3) is 2.98. The number of fused-ring (bicyclic) bond motifs is 3. The molecular formula is C19H24N2O4S. The molecule has 140 valence electrons. The number of aromatic nitrogens is 1. The highest BCUT2D eigenvalue weighted by Crippen LogP contribution is 2.34. The summed E-state index contributed by atoms with van der Waals surface area (Å²) in [6.45, 7) is 3.43. The van der Waals surface area contributed by atoms with Crippen LogP contribution in [0.1, 0.15) is 34.5 Å². The number of benzene rings is 1. The van der Waals surface area contributed by atoms with Crippen molar-refractivity contribution in [3.05, 3.63) is 35.0 Å². The first kappa shape index (κ1) is 17.7. The molecule has 6 nitrogen and oxygen atoms in total. The second-order valence-electron chi connectivity index (χ2n) is 6.93. The van der Waals surface area contributed by atoms with Crippen molar-refractivity contribution >= 4 is 27.9 Å². The van der Waals surface area contributed by atoms with Crippen LogP contribution in [0.5, 0.6) is 0 Å². The minimum absolute atomic E-state index is 0.344. The minimum atomic E-state index is -1.13. The van der Waals surface area contributed by atoms with Gasteiger partial charge in [-0.25, -0.2) is 9.00 Å². The van der Waals surface area contributed by atoms with Crippen molar-refractivity contribution < 1.29 is 18.5 Å². The van der Waals surface area contributed by atoms with Crippen molar-refractivity contribution in [1.29, 1.82) is 0 Å². The molecule has 2 aromatic rings. The summed E-state index contributed by atoms with van der Waals surface area (Å²) >= 11 is 0. The number of esters is 1. The fourth-order valence-corrected chi connectivity index (χ4v) is 5.19. The Balaban J connectivity index is 1.79. The van der Waals surface area contributed by atoms with Crippen LogP contribution < -0.4 is 0 Å². The highest BCUT2D eigenvalue weighted by molar-refractivity contribution is 7.82. The number of ether oxygens (including phenoxy) is 2. The molecule has 0 saturated carbocycles. The van der Waals surface area contributed by atoms with Crippen LogP contribution in [-0.4, -0.2) is 58.2 Å². The van der Waals surface area contributed by atoms with Gasteiger partial charge < -0.3 is 9.47 Å². The molecule has 2 aliphatic heterocycles. The fraction of sp³-hybridized carbons (Fsp3) is 0.526. The van der Waals surface area contributed by atoms with Crippen LogP contribution in [0.3, 0.4) is 0 Å². The van der Waals surface area contributed by atoms with Crippen LogP contribution in [0.15, 0.2) is 18.2 Å². The van der Waals surface area contributed by atoms with Gasteiger partial charge in [0.05, 0.1) is 18.2 Å². The zero-order valence-electron chi connectivity index (χ0n) is 15.2. The Morgan fingerprint density at radius 2 is 2.08 bits per heavy atom. The van der Waals surface area contributed by atoms with E-state index in [0.717, 1.165) is 62.2 Å². The summed E-state index contributed by atoms with van der Waals surface area (Å²) in [6.07, 6.45) is 4.69. The van der Waals surface area contributed by atoms with E-state index in [1.165, 1.54) is 12.7 Å². The largest absolute Gasteiger partial charge is 0.465 e. The van der Waals surface area contributed by atoms with Crippen LogP contribution in [-0.2, 0) is 33.4 Å². The molecule has 1 unspecified atom stereocenters. The van der Waals surface area contributed by atoms with E-state index < -0.39 is 11.0 Å². The molecule has 0 amide bonds. The first-order chi connectivity index (χ1) is 12.6. The lowest BCUT2D eigenvalue weighted by molar-refractivity contribution is 0.0291. The topological polar surface area (TPSA) is 60.8 Å². The Hall–Kier alpha value is -1.70. The summed E-state index contributed by atoms with van der Waals surface area (Å²) in [7, 11) is 0.255. The zero-order chi connectivity index (χ0) is 18.3. The van der Waals surface area contributed by atoms with Gasteiger partial charge in [0, 0.05) is 56.1 Å². The van der Waals surface area contributed by atoms with E-state index in [1.807, 2.05) is 16.1 Å². The number of hydrogen-bond donors (Lipinski definition) is 0. The molecular weight excluding hydrogens is 352 g/mol. The van der Waals surface area contributed by atoms with Gasteiger partial charge in [-0.15, -0.1) is 0 Å². The first-order valence-corrected chi connectivity index (χ1v) is 10.5. The van der Waals surface area contributed by atoms with Crippen LogP contribution in [0.4, 0.5) is 0 Å². The molecule has 2 aliphatic rings. The Morgan fingerprint density at radius 1 is 1.31 bits per heavy atom. The van der Waals surface area contributed by atoms with Crippen molar-refractivity contribution in [2.24, 2.45) is 0 Å². The molecule has 1 atom stereocenters. The molecule has 0 spiro atoms. The van der Waals surface area contributed by atoms with E-state index in [-0.39, 0.29) is 5.97 Å². The third-order valence-corrected chi connectivity index (χ3v) is 6.45. The van der Waals surface area contributed by atoms with Gasteiger partial charge in [-0.1, -0.05) is 0 Å². The summed E-state index contributed by atoms with van der Waals surface area (Å²) in [5.74, 6) is -0.344. The standard InChI is InChI=1S/C19H24N2O4S/c1-24-19(22)13-3-4-17-15(11-13)16-12-20(14-6-9-25-10-7-14)8-5-18(16)21(17)26(2)23/h3-4,11,14H,5-10,12H2,1-2H3. The molecule has 0 N–H and O–H groups in total. The smallest absolute Gasteiger partial charge is 0.337 e. The molecule has 1 fully saturated rings. The average Bonchev–Trinajstić information content (AvgIpc) is 3.01. The Morgan fingerprint density at radius 3 is 2.77 bits per heavy atom. The van der Waals surface area contributed by atoms with Crippen molar-refractivity contribution in [3.63, 3.8) is 0 Å². The SMILES string of the molecule is COC(=O)c1ccc2c(c1)c1c(n2S(C)=O)CCN(C2CCOCC2)C1. The zero-order valence-corrected chi connectivity index (χ0v) is 16.0. The molecule has 1 aromatic carbocycles. The summed E-state index contributed by atoms with van der Waals surface area (Å²) in [5.41, 5.74) is 3.78. The van der Waals surface area contributed by atoms with E-state index in [2.05, 4.69) is 4.90 Å². The van der Waals surface area contributed by atoms with E-state index in [9.17, 15) is 9.00 Å². The van der Waals surface area contributed by atoms with Crippen LogP contribution in [0.25, 0.3) is 10.9 Å². The molecule has 7 heteroatoms.